The Balaban J connectivity index is 2.79. The Morgan fingerprint density at radius 2 is 2.18 bits per heavy atom. The summed E-state index contributed by atoms with van der Waals surface area (Å²) < 4.78 is 53.4. The van der Waals surface area contributed by atoms with Crippen LogP contribution in [0.2, 0.25) is 0 Å². The monoisotopic (exact) mass is 251 g/mol. The van der Waals surface area contributed by atoms with Crippen LogP contribution in [-0.4, -0.2) is 29.8 Å². The van der Waals surface area contributed by atoms with Gasteiger partial charge in [-0.05, 0) is 12.1 Å². The molecule has 1 rings (SSSR count). The lowest BCUT2D eigenvalue weighted by Gasteiger charge is -2.16. The molecule has 0 radical (unpaired) electrons. The summed E-state index contributed by atoms with van der Waals surface area (Å²) in [6, 6.07) is 2.56. The van der Waals surface area contributed by atoms with Crippen LogP contribution in [0.15, 0.2) is 18.3 Å². The van der Waals surface area contributed by atoms with Crippen LogP contribution in [0.3, 0.4) is 0 Å². The van der Waals surface area contributed by atoms with Gasteiger partial charge in [-0.25, -0.2) is 13.8 Å². The van der Waals surface area contributed by atoms with E-state index in [4.69, 9.17) is 11.1 Å². The van der Waals surface area contributed by atoms with E-state index < -0.39 is 24.8 Å². The number of alkyl halides is 4. The van der Waals surface area contributed by atoms with E-state index in [1.165, 1.54) is 18.3 Å². The van der Waals surface area contributed by atoms with E-state index in [-0.39, 0.29) is 11.4 Å². The van der Waals surface area contributed by atoms with Crippen LogP contribution in [0.5, 0.6) is 5.75 Å². The highest BCUT2D eigenvalue weighted by atomic mass is 19.3. The number of nitrogens with zero attached hydrogens (tertiary/aromatic N) is 1. The van der Waals surface area contributed by atoms with Gasteiger partial charge in [-0.1, -0.05) is 0 Å². The van der Waals surface area contributed by atoms with Gasteiger partial charge < -0.3 is 10.5 Å². The first-order valence-electron chi connectivity index (χ1n) is 4.43. The van der Waals surface area contributed by atoms with Gasteiger partial charge in [0.05, 0.1) is 0 Å². The van der Waals surface area contributed by atoms with Gasteiger partial charge in [0.1, 0.15) is 17.3 Å². The van der Waals surface area contributed by atoms with Crippen molar-refractivity contribution in [3.63, 3.8) is 0 Å². The first-order valence-corrected chi connectivity index (χ1v) is 4.43. The molecular weight excluding hydrogens is 242 g/mol. The quantitative estimate of drug-likeness (QED) is 0.474. The summed E-state index contributed by atoms with van der Waals surface area (Å²) in [5.41, 5.74) is 4.95. The maximum Gasteiger partial charge on any atom is 0.340 e. The number of hydrogen-bond acceptors (Lipinski definition) is 3. The lowest BCUT2D eigenvalue weighted by molar-refractivity contribution is -0.148. The molecule has 0 fully saturated rings. The van der Waals surface area contributed by atoms with E-state index in [1.54, 1.807) is 0 Å². The average Bonchev–Trinajstić information content (AvgIpc) is 2.26. The van der Waals surface area contributed by atoms with Crippen molar-refractivity contribution in [2.24, 2.45) is 5.73 Å². The molecule has 3 N–H and O–H groups in total. The topological polar surface area (TPSA) is 72.0 Å². The first-order chi connectivity index (χ1) is 7.84. The maximum atomic E-state index is 12.6. The molecule has 1 heterocycles. The Kier molecular flexibility index (Phi) is 3.87. The molecular formula is C9H9F4N3O. The number of halogens is 4. The first kappa shape index (κ1) is 13.2. The number of rotatable bonds is 5. The molecule has 8 heteroatoms. The molecule has 17 heavy (non-hydrogen) atoms. The largest absolute Gasteiger partial charge is 0.485 e. The van der Waals surface area contributed by atoms with E-state index in [9.17, 15) is 17.6 Å². The Labute approximate surface area is 93.9 Å². The zero-order chi connectivity index (χ0) is 13.1. The molecule has 0 aliphatic carbocycles. The molecule has 1 aromatic rings. The van der Waals surface area contributed by atoms with Crippen molar-refractivity contribution in [2.75, 3.05) is 6.61 Å². The van der Waals surface area contributed by atoms with Gasteiger partial charge in [0.25, 0.3) is 0 Å². The number of aromatic nitrogens is 1. The third-order valence-electron chi connectivity index (χ3n) is 1.77. The molecule has 0 amide bonds. The molecule has 94 valence electrons. The number of nitrogen functional groups attached to an aromatic ring is 1. The van der Waals surface area contributed by atoms with Crippen LogP contribution in [0.25, 0.3) is 0 Å². The van der Waals surface area contributed by atoms with E-state index >= 15 is 0 Å². The highest BCUT2D eigenvalue weighted by molar-refractivity contribution is 5.95. The highest BCUT2D eigenvalue weighted by Crippen LogP contribution is 2.25. The number of nitrogens with one attached hydrogen (secondary N) is 1. The molecule has 0 unspecified atom stereocenters. The Bertz CT molecular complexity index is 411. The van der Waals surface area contributed by atoms with Crippen LogP contribution in [0.1, 0.15) is 5.69 Å². The standard InChI is InChI=1S/C9H9F4N3O/c10-8(11)9(12,13)4-17-5-2-1-3-16-6(5)7(14)15/h1-3,8H,4H2,(H3,14,15). The molecule has 0 spiro atoms. The van der Waals surface area contributed by atoms with Gasteiger partial charge in [0, 0.05) is 6.20 Å². The van der Waals surface area contributed by atoms with Crippen LogP contribution >= 0.6 is 0 Å². The summed E-state index contributed by atoms with van der Waals surface area (Å²) in [5.74, 6) is -4.99. The second kappa shape index (κ2) is 4.98. The maximum absolute atomic E-state index is 12.6. The van der Waals surface area contributed by atoms with Gasteiger partial charge in [-0.15, -0.1) is 0 Å². The van der Waals surface area contributed by atoms with Crippen LogP contribution in [-0.2, 0) is 0 Å². The van der Waals surface area contributed by atoms with Gasteiger partial charge in [-0.3, -0.25) is 5.41 Å². The lowest BCUT2D eigenvalue weighted by Crippen LogP contribution is -2.34. The summed E-state index contributed by atoms with van der Waals surface area (Å²) in [5, 5.41) is 7.09. The molecule has 0 saturated carbocycles. The van der Waals surface area contributed by atoms with Crippen LogP contribution < -0.4 is 10.5 Å². The number of nitrogens with two attached hydrogens (primary N) is 1. The molecule has 0 aliphatic rings. The van der Waals surface area contributed by atoms with Crippen molar-refractivity contribution in [3.8, 4) is 5.75 Å². The third-order valence-corrected chi connectivity index (χ3v) is 1.77. The second-order valence-corrected chi connectivity index (χ2v) is 3.11. The zero-order valence-corrected chi connectivity index (χ0v) is 8.46. The Morgan fingerprint density at radius 3 is 2.71 bits per heavy atom. The molecule has 0 bridgehead atoms. The van der Waals surface area contributed by atoms with Gasteiger partial charge >= 0.3 is 12.3 Å². The predicted octanol–water partition coefficient (Wildman–Crippen LogP) is 1.64. The summed E-state index contributed by atoms with van der Waals surface area (Å²) in [6.45, 7) is -1.50. The predicted molar refractivity (Wildman–Crippen MR) is 51.7 cm³/mol. The minimum atomic E-state index is -4.26. The minimum absolute atomic E-state index is 0.169. The minimum Gasteiger partial charge on any atom is -0.485 e. The summed E-state index contributed by atoms with van der Waals surface area (Å²) >= 11 is 0. The fraction of sp³-hybridized carbons (Fsp3) is 0.333. The van der Waals surface area contributed by atoms with E-state index in [0.717, 1.165) is 0 Å². The van der Waals surface area contributed by atoms with Crippen molar-refractivity contribution in [3.05, 3.63) is 24.0 Å². The number of amidine groups is 1. The number of hydrogen-bond donors (Lipinski definition) is 2. The number of ether oxygens (including phenoxy) is 1. The molecule has 0 aliphatic heterocycles. The van der Waals surface area contributed by atoms with Crippen molar-refractivity contribution in [2.45, 2.75) is 12.3 Å². The molecule has 1 aromatic heterocycles. The fourth-order valence-electron chi connectivity index (χ4n) is 0.946. The molecule has 0 saturated heterocycles. The molecule has 0 atom stereocenters. The van der Waals surface area contributed by atoms with Gasteiger partial charge in [0.2, 0.25) is 0 Å². The van der Waals surface area contributed by atoms with Gasteiger partial charge in [0.15, 0.2) is 6.61 Å². The highest BCUT2D eigenvalue weighted by Gasteiger charge is 2.41. The summed E-state index contributed by atoms with van der Waals surface area (Å²) in [7, 11) is 0. The van der Waals surface area contributed by atoms with E-state index in [2.05, 4.69) is 9.72 Å². The van der Waals surface area contributed by atoms with Crippen LogP contribution in [0, 0.1) is 5.41 Å². The van der Waals surface area contributed by atoms with Crippen molar-refractivity contribution >= 4 is 5.84 Å². The zero-order valence-electron chi connectivity index (χ0n) is 8.46. The smallest absolute Gasteiger partial charge is 0.340 e. The third kappa shape index (κ3) is 3.30. The van der Waals surface area contributed by atoms with Crippen LogP contribution in [0.4, 0.5) is 17.6 Å². The summed E-state index contributed by atoms with van der Waals surface area (Å²) in [4.78, 5) is 3.62. The second-order valence-electron chi connectivity index (χ2n) is 3.11. The van der Waals surface area contributed by atoms with Gasteiger partial charge in [-0.2, -0.15) is 8.78 Å². The van der Waals surface area contributed by atoms with Crippen molar-refractivity contribution < 1.29 is 22.3 Å². The molecule has 0 aromatic carbocycles. The Hall–Kier alpha value is -1.86. The average molecular weight is 251 g/mol. The number of pyridine rings is 1. The Morgan fingerprint density at radius 1 is 1.53 bits per heavy atom. The SMILES string of the molecule is N=C(N)c1ncccc1OCC(F)(F)C(F)F. The summed E-state index contributed by atoms with van der Waals surface area (Å²) in [6.07, 6.45) is -2.55. The van der Waals surface area contributed by atoms with Crippen molar-refractivity contribution in [1.29, 1.82) is 5.41 Å². The fourth-order valence-corrected chi connectivity index (χ4v) is 0.946. The van der Waals surface area contributed by atoms with Crippen molar-refractivity contribution in [1.82, 2.24) is 4.98 Å². The lowest BCUT2D eigenvalue weighted by atomic mass is 10.3. The van der Waals surface area contributed by atoms with E-state index in [1.807, 2.05) is 0 Å². The molecule has 4 nitrogen and oxygen atoms in total. The van der Waals surface area contributed by atoms with E-state index in [0.29, 0.717) is 0 Å². The normalized spacial score (nSPS) is 11.6.